The summed E-state index contributed by atoms with van der Waals surface area (Å²) in [4.78, 5) is 28.5. The SMILES string of the molecule is CCNC(=O)C(=NOC)c1ccccc1CO/N=C(C)/C(=N/OCC)c1ccc(Cc2ccccc2)cc1. The van der Waals surface area contributed by atoms with Crippen LogP contribution in [0.5, 0.6) is 0 Å². The Morgan fingerprint density at radius 2 is 1.47 bits per heavy atom. The average Bonchev–Trinajstić information content (AvgIpc) is 2.94. The summed E-state index contributed by atoms with van der Waals surface area (Å²) >= 11 is 0. The molecule has 8 heteroatoms. The third kappa shape index (κ3) is 8.03. The maximum absolute atomic E-state index is 12.5. The number of oxime groups is 3. The van der Waals surface area contributed by atoms with Crippen LogP contribution in [0.2, 0.25) is 0 Å². The molecule has 8 nitrogen and oxygen atoms in total. The van der Waals surface area contributed by atoms with Crippen molar-refractivity contribution in [2.75, 3.05) is 20.3 Å². The van der Waals surface area contributed by atoms with Gasteiger partial charge in [-0.2, -0.15) is 0 Å². The van der Waals surface area contributed by atoms with E-state index in [2.05, 4.69) is 45.0 Å². The van der Waals surface area contributed by atoms with E-state index in [1.165, 1.54) is 18.2 Å². The molecule has 0 aliphatic carbocycles. The van der Waals surface area contributed by atoms with Gasteiger partial charge in [-0.3, -0.25) is 4.79 Å². The highest BCUT2D eigenvalue weighted by atomic mass is 16.6. The van der Waals surface area contributed by atoms with Gasteiger partial charge in [-0.15, -0.1) is 0 Å². The number of hydrogen-bond acceptors (Lipinski definition) is 7. The zero-order valence-electron chi connectivity index (χ0n) is 22.3. The number of amides is 1. The van der Waals surface area contributed by atoms with E-state index >= 15 is 0 Å². The molecule has 0 atom stereocenters. The van der Waals surface area contributed by atoms with Crippen molar-refractivity contribution in [1.29, 1.82) is 0 Å². The summed E-state index contributed by atoms with van der Waals surface area (Å²) in [6.07, 6.45) is 0.847. The average molecular weight is 515 g/mol. The largest absolute Gasteiger partial charge is 0.398 e. The molecule has 0 unspecified atom stereocenters. The summed E-state index contributed by atoms with van der Waals surface area (Å²) in [7, 11) is 1.40. The van der Waals surface area contributed by atoms with Crippen LogP contribution in [0.1, 0.15) is 48.6 Å². The molecule has 0 saturated carbocycles. The van der Waals surface area contributed by atoms with E-state index in [1.54, 1.807) is 6.07 Å². The highest BCUT2D eigenvalue weighted by molar-refractivity contribution is 6.47. The molecular weight excluding hydrogens is 480 g/mol. The first-order valence-electron chi connectivity index (χ1n) is 12.5. The van der Waals surface area contributed by atoms with E-state index in [0.717, 1.165) is 17.5 Å². The topological polar surface area (TPSA) is 93.9 Å². The van der Waals surface area contributed by atoms with Crippen molar-refractivity contribution in [2.45, 2.75) is 33.8 Å². The number of rotatable bonds is 13. The third-order valence-corrected chi connectivity index (χ3v) is 5.54. The zero-order valence-corrected chi connectivity index (χ0v) is 22.3. The van der Waals surface area contributed by atoms with Crippen LogP contribution < -0.4 is 5.32 Å². The first-order chi connectivity index (χ1) is 18.6. The Hall–Kier alpha value is -4.46. The Morgan fingerprint density at radius 1 is 0.789 bits per heavy atom. The molecule has 1 N–H and O–H groups in total. The normalized spacial score (nSPS) is 12.2. The molecule has 38 heavy (non-hydrogen) atoms. The lowest BCUT2D eigenvalue weighted by Gasteiger charge is -2.11. The molecular formula is C30H34N4O4. The minimum atomic E-state index is -0.330. The predicted octanol–water partition coefficient (Wildman–Crippen LogP) is 5.10. The van der Waals surface area contributed by atoms with Crippen molar-refractivity contribution in [1.82, 2.24) is 5.32 Å². The summed E-state index contributed by atoms with van der Waals surface area (Å²) in [5.74, 6) is -0.330. The van der Waals surface area contributed by atoms with Crippen LogP contribution in [0.15, 0.2) is 94.3 Å². The minimum Gasteiger partial charge on any atom is -0.398 e. The lowest BCUT2D eigenvalue weighted by Crippen LogP contribution is -2.32. The monoisotopic (exact) mass is 514 g/mol. The Balaban J connectivity index is 1.77. The Kier molecular flexibility index (Phi) is 11.1. The van der Waals surface area contributed by atoms with E-state index < -0.39 is 0 Å². The van der Waals surface area contributed by atoms with Gasteiger partial charge >= 0.3 is 0 Å². The Bertz CT molecular complexity index is 1270. The maximum atomic E-state index is 12.5. The number of carbonyl (C=O) groups excluding carboxylic acids is 1. The van der Waals surface area contributed by atoms with Crippen molar-refractivity contribution in [3.63, 3.8) is 0 Å². The van der Waals surface area contributed by atoms with Crippen molar-refractivity contribution in [3.8, 4) is 0 Å². The predicted molar refractivity (Wildman–Crippen MR) is 150 cm³/mol. The molecule has 0 saturated heterocycles. The molecule has 0 bridgehead atoms. The number of nitrogens with one attached hydrogen (secondary N) is 1. The van der Waals surface area contributed by atoms with Crippen LogP contribution >= 0.6 is 0 Å². The second-order valence-electron chi connectivity index (χ2n) is 8.31. The molecule has 0 radical (unpaired) electrons. The fraction of sp³-hybridized carbons (Fsp3) is 0.267. The number of nitrogens with zero attached hydrogens (tertiary/aromatic N) is 3. The lowest BCUT2D eigenvalue weighted by molar-refractivity contribution is -0.114. The van der Waals surface area contributed by atoms with Gasteiger partial charge in [0.1, 0.15) is 31.7 Å². The van der Waals surface area contributed by atoms with Gasteiger partial charge in [-0.1, -0.05) is 94.3 Å². The highest BCUT2D eigenvalue weighted by Crippen LogP contribution is 2.15. The summed E-state index contributed by atoms with van der Waals surface area (Å²) in [6.45, 7) is 6.55. The number of carbonyl (C=O) groups is 1. The molecule has 3 aromatic carbocycles. The van der Waals surface area contributed by atoms with Crippen molar-refractivity contribution in [3.05, 3.63) is 107 Å². The highest BCUT2D eigenvalue weighted by Gasteiger charge is 2.18. The molecule has 0 heterocycles. The molecule has 0 aliphatic heterocycles. The van der Waals surface area contributed by atoms with E-state index in [1.807, 2.05) is 69.3 Å². The van der Waals surface area contributed by atoms with Crippen LogP contribution in [-0.4, -0.2) is 43.3 Å². The number of hydrogen-bond donors (Lipinski definition) is 1. The quantitative estimate of drug-likeness (QED) is 0.254. The Morgan fingerprint density at radius 3 is 2.16 bits per heavy atom. The molecule has 198 valence electrons. The van der Waals surface area contributed by atoms with Gasteiger partial charge in [-0.05, 0) is 38.3 Å². The smallest absolute Gasteiger partial charge is 0.273 e. The van der Waals surface area contributed by atoms with Gasteiger partial charge in [-0.25, -0.2) is 0 Å². The van der Waals surface area contributed by atoms with Crippen LogP contribution in [0.25, 0.3) is 0 Å². The van der Waals surface area contributed by atoms with Crippen molar-refractivity contribution < 1.29 is 19.3 Å². The van der Waals surface area contributed by atoms with Crippen molar-refractivity contribution in [2.24, 2.45) is 15.5 Å². The van der Waals surface area contributed by atoms with E-state index in [4.69, 9.17) is 14.5 Å². The first-order valence-corrected chi connectivity index (χ1v) is 12.5. The van der Waals surface area contributed by atoms with Gasteiger partial charge in [0.05, 0.1) is 0 Å². The van der Waals surface area contributed by atoms with Crippen LogP contribution in [-0.2, 0) is 32.3 Å². The van der Waals surface area contributed by atoms with Crippen LogP contribution in [0.3, 0.4) is 0 Å². The number of benzene rings is 3. The van der Waals surface area contributed by atoms with Crippen LogP contribution in [0.4, 0.5) is 0 Å². The van der Waals surface area contributed by atoms with Gasteiger partial charge in [0.25, 0.3) is 5.91 Å². The molecule has 3 aromatic rings. The van der Waals surface area contributed by atoms with Gasteiger partial charge in [0.15, 0.2) is 5.71 Å². The molecule has 3 rings (SSSR count). The van der Waals surface area contributed by atoms with Gasteiger partial charge in [0.2, 0.25) is 0 Å². The summed E-state index contributed by atoms with van der Waals surface area (Å²) in [6, 6.07) is 25.8. The third-order valence-electron chi connectivity index (χ3n) is 5.54. The zero-order chi connectivity index (χ0) is 27.2. The molecule has 0 fully saturated rings. The van der Waals surface area contributed by atoms with Crippen LogP contribution in [0, 0.1) is 0 Å². The van der Waals surface area contributed by atoms with Gasteiger partial charge in [0, 0.05) is 23.2 Å². The molecule has 0 aromatic heterocycles. The fourth-order valence-electron chi connectivity index (χ4n) is 3.74. The van der Waals surface area contributed by atoms with Crippen molar-refractivity contribution >= 4 is 23.0 Å². The van der Waals surface area contributed by atoms with E-state index in [0.29, 0.717) is 30.1 Å². The molecule has 0 spiro atoms. The fourth-order valence-corrected chi connectivity index (χ4v) is 3.74. The molecule has 0 aliphatic rings. The Labute approximate surface area is 224 Å². The molecule has 1 amide bonds. The van der Waals surface area contributed by atoms with Gasteiger partial charge < -0.3 is 19.8 Å². The summed E-state index contributed by atoms with van der Waals surface area (Å²) in [5, 5.41) is 15.3. The second kappa shape index (κ2) is 14.9. The van der Waals surface area contributed by atoms with E-state index in [9.17, 15) is 4.79 Å². The maximum Gasteiger partial charge on any atom is 0.273 e. The number of likely N-dealkylation sites (N-methyl/N-ethyl adjacent to an activating group) is 1. The lowest BCUT2D eigenvalue weighted by atomic mass is 10.0. The van der Waals surface area contributed by atoms with E-state index in [-0.39, 0.29) is 18.2 Å². The summed E-state index contributed by atoms with van der Waals surface area (Å²) in [5.41, 5.74) is 5.95. The second-order valence-corrected chi connectivity index (χ2v) is 8.31. The standard InChI is InChI=1S/C30H34N4O4/c1-5-31-30(35)29(33-36-4)27-15-11-10-14-26(27)21-38-32-22(3)28(34-37-6-2)25-18-16-24(17-19-25)20-23-12-8-7-9-13-23/h7-19H,5-6,20-21H2,1-4H3,(H,31,35)/b32-22+,33-29?,34-28-. The first kappa shape index (κ1) is 28.1. The minimum absolute atomic E-state index is 0.119. The summed E-state index contributed by atoms with van der Waals surface area (Å²) < 4.78 is 0.